The molecule has 6 heterocycles. The number of hydrogen-bond donors (Lipinski definition) is 31. The fraction of sp³-hybridized carbons (Fsp3) is 1.00. The average Bonchev–Trinajstić information content (AvgIpc) is 3.92. The molecular formula is C39H84O39. The summed E-state index contributed by atoms with van der Waals surface area (Å²) in [4.78, 5) is 0. The molecule has 0 aromatic heterocycles. The molecule has 6 fully saturated rings. The topological polar surface area (TPSA) is 723 Å². The summed E-state index contributed by atoms with van der Waals surface area (Å²) in [6.07, 6.45) is -32.1. The maximum Gasteiger partial charge on any atom is 0.219 e. The average molecular weight is 1180 g/mol. The van der Waals surface area contributed by atoms with Crippen molar-refractivity contribution in [2.24, 2.45) is 0 Å². The summed E-state index contributed by atoms with van der Waals surface area (Å²) in [7, 11) is 3.30. The summed E-state index contributed by atoms with van der Waals surface area (Å²) < 4.78 is 32.7. The molecule has 0 aliphatic carbocycles. The van der Waals surface area contributed by atoms with E-state index in [0.29, 0.717) is 0 Å². The van der Waals surface area contributed by atoms with Gasteiger partial charge in [-0.25, -0.2) is 0 Å². The van der Waals surface area contributed by atoms with Crippen LogP contribution >= 0.6 is 0 Å². The van der Waals surface area contributed by atoms with Crippen molar-refractivity contribution in [2.75, 3.05) is 80.8 Å². The lowest BCUT2D eigenvalue weighted by atomic mass is 9.99. The van der Waals surface area contributed by atoms with Gasteiger partial charge in [-0.3, -0.25) is 0 Å². The zero-order chi connectivity index (χ0) is 60.7. The molecule has 0 saturated carbocycles. The lowest BCUT2D eigenvalue weighted by molar-refractivity contribution is -0.294. The molecule has 474 valence electrons. The fourth-order valence-corrected chi connectivity index (χ4v) is 6.87. The highest BCUT2D eigenvalue weighted by molar-refractivity contribution is 4.97. The van der Waals surface area contributed by atoms with Crippen LogP contribution < -0.4 is 0 Å². The van der Waals surface area contributed by atoms with E-state index in [0.717, 1.165) is 14.2 Å². The van der Waals surface area contributed by atoms with Crippen LogP contribution in [-0.4, -0.2) is 409 Å². The van der Waals surface area contributed by atoms with Crippen LogP contribution in [-0.2, 0) is 33.2 Å². The van der Waals surface area contributed by atoms with Crippen LogP contribution in [0.15, 0.2) is 0 Å². The van der Waals surface area contributed by atoms with Crippen LogP contribution in [0.25, 0.3) is 0 Å². The lowest BCUT2D eigenvalue weighted by Crippen LogP contribution is -2.58. The second-order valence-electron chi connectivity index (χ2n) is 16.7. The Bertz CT molecular complexity index is 1340. The molecule has 6 saturated heterocycles. The molecule has 6 aliphatic heterocycles. The molecule has 0 bridgehead atoms. The van der Waals surface area contributed by atoms with E-state index < -0.39 is 224 Å². The van der Waals surface area contributed by atoms with Gasteiger partial charge in [-0.05, 0) is 0 Å². The summed E-state index contributed by atoms with van der Waals surface area (Å²) >= 11 is 0. The zero-order valence-corrected chi connectivity index (χ0v) is 41.9. The van der Waals surface area contributed by atoms with Gasteiger partial charge in [0.1, 0.15) is 128 Å². The van der Waals surface area contributed by atoms with Crippen molar-refractivity contribution in [1.29, 1.82) is 0 Å². The molecule has 0 aromatic carbocycles. The Morgan fingerprint density at radius 3 is 0.705 bits per heavy atom. The number of aliphatic hydroxyl groups excluding tert-OH is 28. The van der Waals surface area contributed by atoms with Gasteiger partial charge in [-0.2, -0.15) is 0 Å². The van der Waals surface area contributed by atoms with Gasteiger partial charge in [-0.1, -0.05) is 0 Å². The Kier molecular flexibility index (Phi) is 39.6. The smallest absolute Gasteiger partial charge is 0.219 e. The third-order valence-corrected chi connectivity index (χ3v) is 11.6. The number of hydrogen-bond acceptors (Lipinski definition) is 38. The SMILES string of the molecule is CO.CO.COC1O[C@H](CO)[C@@H](O)[C@H](O)[C@@H]1O.O.OC[C@H]1OC(O)(CO)[C@@H](O)[C@@H]1O.OC[C@H]1OC(O)(CO)[C@@H](O)[C@@H]1O.OC[C@H]1OC(O)(CO)[C@@H](O)[C@@H]1O.OC[C@H]1OC(O)[C@@H](O)[C@@H](O)[C@@H]1O.OC[C@H]1OC(O)[C@H](O)[C@@H](O)[C@@H]1O. The van der Waals surface area contributed by atoms with E-state index in [9.17, 15) is 30.6 Å². The van der Waals surface area contributed by atoms with Gasteiger partial charge in [0, 0.05) is 21.3 Å². The number of aliphatic hydroxyl groups is 31. The fourth-order valence-electron chi connectivity index (χ4n) is 6.87. The summed E-state index contributed by atoms with van der Waals surface area (Å²) in [5.41, 5.74) is 0. The van der Waals surface area contributed by atoms with Gasteiger partial charge >= 0.3 is 0 Å². The molecule has 39 heteroatoms. The first-order chi connectivity index (χ1) is 35.9. The Balaban J connectivity index is -0.000000852. The third kappa shape index (κ3) is 20.9. The van der Waals surface area contributed by atoms with E-state index in [1.165, 1.54) is 7.11 Å². The normalized spacial score (nSPS) is 45.3. The van der Waals surface area contributed by atoms with Crippen LogP contribution in [0.4, 0.5) is 0 Å². The first kappa shape index (κ1) is 80.7. The van der Waals surface area contributed by atoms with Crippen molar-refractivity contribution in [3.8, 4) is 0 Å². The molecule has 78 heavy (non-hydrogen) atoms. The van der Waals surface area contributed by atoms with Gasteiger partial charge in [0.15, 0.2) is 18.9 Å². The Morgan fingerprint density at radius 2 is 0.526 bits per heavy atom. The first-order valence-corrected chi connectivity index (χ1v) is 22.6. The van der Waals surface area contributed by atoms with Crippen LogP contribution in [0, 0.1) is 0 Å². The minimum atomic E-state index is -2.16. The molecule has 0 spiro atoms. The molecule has 6 unspecified atom stereocenters. The lowest BCUT2D eigenvalue weighted by Gasteiger charge is -2.38. The van der Waals surface area contributed by atoms with Gasteiger partial charge in [0.25, 0.3) is 0 Å². The molecule has 6 aliphatic rings. The monoisotopic (exact) mass is 1180 g/mol. The number of ether oxygens (including phenoxy) is 7. The second kappa shape index (κ2) is 38.3. The van der Waals surface area contributed by atoms with Crippen molar-refractivity contribution in [3.05, 3.63) is 0 Å². The quantitative estimate of drug-likeness (QED) is 0.0966. The van der Waals surface area contributed by atoms with E-state index in [1.54, 1.807) is 0 Å². The van der Waals surface area contributed by atoms with Crippen molar-refractivity contribution in [3.63, 3.8) is 0 Å². The first-order valence-electron chi connectivity index (χ1n) is 22.6. The zero-order valence-electron chi connectivity index (χ0n) is 41.9. The molecule has 6 rings (SSSR count). The maximum atomic E-state index is 9.28. The van der Waals surface area contributed by atoms with Crippen LogP contribution in [0.2, 0.25) is 0 Å². The highest BCUT2D eigenvalue weighted by atomic mass is 16.7. The van der Waals surface area contributed by atoms with Gasteiger partial charge in [-0.15, -0.1) is 0 Å². The van der Waals surface area contributed by atoms with Crippen molar-refractivity contribution in [1.82, 2.24) is 0 Å². The minimum Gasteiger partial charge on any atom is -0.412 e. The maximum absolute atomic E-state index is 9.28. The van der Waals surface area contributed by atoms with E-state index in [2.05, 4.69) is 23.7 Å². The van der Waals surface area contributed by atoms with Gasteiger partial charge in [0.05, 0.1) is 59.5 Å². The molecule has 0 amide bonds. The Labute approximate surface area is 442 Å². The predicted molar refractivity (Wildman–Crippen MR) is 241 cm³/mol. The summed E-state index contributed by atoms with van der Waals surface area (Å²) in [6, 6.07) is 0. The van der Waals surface area contributed by atoms with E-state index >= 15 is 0 Å². The van der Waals surface area contributed by atoms with Crippen LogP contribution in [0.3, 0.4) is 0 Å². The van der Waals surface area contributed by atoms with E-state index in [1.807, 2.05) is 0 Å². The van der Waals surface area contributed by atoms with Crippen LogP contribution in [0.5, 0.6) is 0 Å². The molecule has 0 radical (unpaired) electrons. The standard InChI is InChI=1S/C7H14O6.5C6H12O6.2CH4O.H2O/c1-12-7-6(11)5(10)4(9)3(2-8)13-7;3*7-1-3-4(9)5(10)6(11,2-8)12-3;2*7-1-2-3(8)4(9)5(10)6(11)12-2;2*1-2;/h3-11H,2H2,1H3;3*3-5,7-11H,1-2H2;2*2-11H,1H2;2*2H,1H3;1H2/t3-,4-,5+,6+,7?;3*3-,4-,5+,6?;2-,3-,4+,5+,6?;2-,3-,4+,5-,6?;;;/m111111.../s1. The largest absolute Gasteiger partial charge is 0.412 e. The molecule has 39 nitrogen and oxygen atoms in total. The summed E-state index contributed by atoms with van der Waals surface area (Å²) in [5, 5.41) is 274. The minimum absolute atomic E-state index is 0. The van der Waals surface area contributed by atoms with Gasteiger partial charge in [0.2, 0.25) is 17.4 Å². The number of methoxy groups -OCH3 is 1. The summed E-state index contributed by atoms with van der Waals surface area (Å²) in [5.74, 6) is -6.48. The van der Waals surface area contributed by atoms with Gasteiger partial charge < -0.3 is 197 Å². The highest BCUT2D eigenvalue weighted by Crippen LogP contribution is 2.31. The molecule has 27 atom stereocenters. The number of rotatable bonds is 10. The molecular weight excluding hydrogens is 1090 g/mol. The van der Waals surface area contributed by atoms with Crippen molar-refractivity contribution >= 4 is 0 Å². The molecule has 0 aromatic rings. The Morgan fingerprint density at radius 1 is 0.308 bits per heavy atom. The Hall–Kier alpha value is -1.56. The highest BCUT2D eigenvalue weighted by Gasteiger charge is 2.55. The van der Waals surface area contributed by atoms with E-state index in [4.69, 9.17) is 137 Å². The third-order valence-electron chi connectivity index (χ3n) is 11.6. The molecule has 33 N–H and O–H groups in total. The van der Waals surface area contributed by atoms with Crippen LogP contribution in [0.1, 0.15) is 0 Å². The van der Waals surface area contributed by atoms with Crippen molar-refractivity contribution < 1.29 is 197 Å². The van der Waals surface area contributed by atoms with Crippen molar-refractivity contribution in [2.45, 2.75) is 164 Å². The van der Waals surface area contributed by atoms with E-state index in [-0.39, 0.29) is 5.48 Å². The second-order valence-corrected chi connectivity index (χ2v) is 16.7. The summed E-state index contributed by atoms with van der Waals surface area (Å²) in [6.45, 7) is -5.57. The predicted octanol–water partition coefficient (Wildman–Crippen LogP) is -20.3.